The topological polar surface area (TPSA) is 170 Å². The number of carbonyl (C=O) groups is 1. The lowest BCUT2D eigenvalue weighted by atomic mass is 9.94. The minimum absolute atomic E-state index is 0.0795. The van der Waals surface area contributed by atoms with Crippen molar-refractivity contribution in [1.29, 1.82) is 0 Å². The molecule has 26 heavy (non-hydrogen) atoms. The first-order valence-corrected chi connectivity index (χ1v) is 7.81. The first-order chi connectivity index (χ1) is 12.1. The van der Waals surface area contributed by atoms with Gasteiger partial charge in [0.05, 0.1) is 0 Å². The van der Waals surface area contributed by atoms with Gasteiger partial charge in [-0.25, -0.2) is 0 Å². The summed E-state index contributed by atoms with van der Waals surface area (Å²) in [5, 5.41) is 45.0. The van der Waals surface area contributed by atoms with Crippen LogP contribution in [0.25, 0.3) is 0 Å². The van der Waals surface area contributed by atoms with Crippen LogP contribution in [0.3, 0.4) is 0 Å². The highest BCUT2D eigenvalue weighted by atomic mass is 16.4. The molecule has 0 saturated carbocycles. The van der Waals surface area contributed by atoms with Gasteiger partial charge in [0.25, 0.3) is 0 Å². The fourth-order valence-electron chi connectivity index (χ4n) is 2.07. The molecule has 2 aromatic rings. The van der Waals surface area contributed by atoms with E-state index in [1.54, 1.807) is 6.07 Å². The highest BCUT2D eigenvalue weighted by Gasteiger charge is 2.28. The Bertz CT molecular complexity index is 761. The third kappa shape index (κ3) is 6.15. The van der Waals surface area contributed by atoms with Crippen molar-refractivity contribution < 1.29 is 30.3 Å². The van der Waals surface area contributed by atoms with E-state index in [4.69, 9.17) is 31.9 Å². The Morgan fingerprint density at radius 3 is 1.81 bits per heavy atom. The van der Waals surface area contributed by atoms with Crippen molar-refractivity contribution in [1.82, 2.24) is 0 Å². The number of benzene rings is 2. The highest BCUT2D eigenvalue weighted by molar-refractivity contribution is 5.78. The standard InChI is InChI=1S/C10H13NO4.C8H11NO2/c1-10(11,9(14)15)5-6-2-3-7(12)8(13)4-6;9-4-3-6-1-2-7(10)8(11)5-6/h2-4,12-13H,5,11H2,1H3,(H,14,15);1-2,5,10-11H,3-4,9H2/t10-;/m0./s1. The molecule has 0 aromatic heterocycles. The van der Waals surface area contributed by atoms with E-state index in [9.17, 15) is 9.90 Å². The van der Waals surface area contributed by atoms with E-state index >= 15 is 0 Å². The van der Waals surface area contributed by atoms with Crippen molar-refractivity contribution in [2.45, 2.75) is 25.3 Å². The molecule has 8 nitrogen and oxygen atoms in total. The number of phenols is 4. The molecule has 1 atom stereocenters. The maximum Gasteiger partial charge on any atom is 0.323 e. The van der Waals surface area contributed by atoms with Crippen LogP contribution in [-0.2, 0) is 17.6 Å². The van der Waals surface area contributed by atoms with Crippen LogP contribution in [0, 0.1) is 0 Å². The van der Waals surface area contributed by atoms with Gasteiger partial charge in [-0.15, -0.1) is 0 Å². The molecule has 0 heterocycles. The van der Waals surface area contributed by atoms with Crippen molar-refractivity contribution in [2.24, 2.45) is 11.5 Å². The lowest BCUT2D eigenvalue weighted by molar-refractivity contribution is -0.142. The Morgan fingerprint density at radius 2 is 1.38 bits per heavy atom. The van der Waals surface area contributed by atoms with Gasteiger partial charge in [0, 0.05) is 6.42 Å². The Morgan fingerprint density at radius 1 is 0.923 bits per heavy atom. The van der Waals surface area contributed by atoms with Gasteiger partial charge < -0.3 is 37.0 Å². The summed E-state index contributed by atoms with van der Waals surface area (Å²) in [6.45, 7) is 1.93. The maximum atomic E-state index is 10.7. The summed E-state index contributed by atoms with van der Waals surface area (Å²) in [6, 6.07) is 8.82. The van der Waals surface area contributed by atoms with Crippen molar-refractivity contribution in [2.75, 3.05) is 6.54 Å². The Kier molecular flexibility index (Phi) is 7.24. The number of hydrogen-bond donors (Lipinski definition) is 7. The molecule has 0 bridgehead atoms. The zero-order chi connectivity index (χ0) is 19.9. The van der Waals surface area contributed by atoms with E-state index in [2.05, 4.69) is 0 Å². The number of nitrogens with two attached hydrogens (primary N) is 2. The molecule has 8 heteroatoms. The third-order valence-electron chi connectivity index (χ3n) is 3.57. The minimum Gasteiger partial charge on any atom is -0.504 e. The third-order valence-corrected chi connectivity index (χ3v) is 3.57. The van der Waals surface area contributed by atoms with Crippen molar-refractivity contribution in [3.8, 4) is 23.0 Å². The average Bonchev–Trinajstić information content (AvgIpc) is 2.55. The van der Waals surface area contributed by atoms with Crippen LogP contribution < -0.4 is 11.5 Å². The average molecular weight is 364 g/mol. The normalized spacial score (nSPS) is 12.6. The molecule has 0 unspecified atom stereocenters. The predicted octanol–water partition coefficient (Wildman–Crippen LogP) is 1.04. The lowest BCUT2D eigenvalue weighted by Crippen LogP contribution is -2.46. The monoisotopic (exact) mass is 364 g/mol. The van der Waals surface area contributed by atoms with Crippen LogP contribution in [0.5, 0.6) is 23.0 Å². The molecule has 142 valence electrons. The Hall–Kier alpha value is -2.97. The van der Waals surface area contributed by atoms with Gasteiger partial charge >= 0.3 is 5.97 Å². The molecule has 0 aliphatic carbocycles. The van der Waals surface area contributed by atoms with Gasteiger partial charge in [0.15, 0.2) is 23.0 Å². The molecule has 2 rings (SSSR count). The number of carboxylic acid groups (broad SMARTS) is 1. The van der Waals surface area contributed by atoms with Gasteiger partial charge in [-0.05, 0) is 55.3 Å². The Labute approximate surface area is 150 Å². The summed E-state index contributed by atoms with van der Waals surface area (Å²) in [5.41, 5.74) is 10.9. The van der Waals surface area contributed by atoms with Crippen molar-refractivity contribution in [3.63, 3.8) is 0 Å². The van der Waals surface area contributed by atoms with Crippen LogP contribution in [0.15, 0.2) is 36.4 Å². The van der Waals surface area contributed by atoms with E-state index in [1.807, 2.05) is 0 Å². The van der Waals surface area contributed by atoms with E-state index in [0.29, 0.717) is 18.5 Å². The number of hydrogen-bond acceptors (Lipinski definition) is 7. The largest absolute Gasteiger partial charge is 0.504 e. The summed E-state index contributed by atoms with van der Waals surface area (Å²) in [5.74, 6) is -1.82. The highest BCUT2D eigenvalue weighted by Crippen LogP contribution is 2.26. The zero-order valence-corrected chi connectivity index (χ0v) is 14.4. The molecule has 9 N–H and O–H groups in total. The van der Waals surface area contributed by atoms with Gasteiger partial charge in [0.1, 0.15) is 5.54 Å². The van der Waals surface area contributed by atoms with Gasteiger partial charge in [-0.3, -0.25) is 4.79 Å². The molecule has 0 fully saturated rings. The number of carboxylic acids is 1. The van der Waals surface area contributed by atoms with Gasteiger partial charge in [-0.1, -0.05) is 12.1 Å². The summed E-state index contributed by atoms with van der Waals surface area (Å²) in [7, 11) is 0. The van der Waals surface area contributed by atoms with Crippen molar-refractivity contribution >= 4 is 5.97 Å². The quantitative estimate of drug-likeness (QED) is 0.386. The number of aliphatic carboxylic acids is 1. The molecule has 0 saturated heterocycles. The molecular weight excluding hydrogens is 340 g/mol. The minimum atomic E-state index is -1.39. The van der Waals surface area contributed by atoms with Crippen molar-refractivity contribution in [3.05, 3.63) is 47.5 Å². The summed E-state index contributed by atoms with van der Waals surface area (Å²) in [6.07, 6.45) is 0.796. The molecule has 0 aliphatic heterocycles. The number of aromatic hydroxyl groups is 4. The second-order valence-corrected chi connectivity index (χ2v) is 6.08. The lowest BCUT2D eigenvalue weighted by Gasteiger charge is -2.19. The maximum absolute atomic E-state index is 10.7. The van der Waals surface area contributed by atoms with Crippen LogP contribution in [-0.4, -0.2) is 43.6 Å². The number of phenolic OH excluding ortho intramolecular Hbond substituents is 4. The van der Waals surface area contributed by atoms with E-state index in [0.717, 1.165) is 5.56 Å². The predicted molar refractivity (Wildman–Crippen MR) is 96.2 cm³/mol. The second-order valence-electron chi connectivity index (χ2n) is 6.08. The van der Waals surface area contributed by atoms with Crippen LogP contribution >= 0.6 is 0 Å². The van der Waals surface area contributed by atoms with Crippen LogP contribution in [0.2, 0.25) is 0 Å². The molecule has 2 aromatic carbocycles. The van der Waals surface area contributed by atoms with E-state index in [-0.39, 0.29) is 29.4 Å². The molecular formula is C18H24N2O6. The van der Waals surface area contributed by atoms with Crippen LogP contribution in [0.4, 0.5) is 0 Å². The van der Waals surface area contributed by atoms with Gasteiger partial charge in [-0.2, -0.15) is 0 Å². The molecule has 0 aliphatic rings. The summed E-state index contributed by atoms with van der Waals surface area (Å²) < 4.78 is 0. The molecule has 0 spiro atoms. The summed E-state index contributed by atoms with van der Waals surface area (Å²) in [4.78, 5) is 10.7. The summed E-state index contributed by atoms with van der Waals surface area (Å²) >= 11 is 0. The zero-order valence-electron chi connectivity index (χ0n) is 14.4. The van der Waals surface area contributed by atoms with E-state index < -0.39 is 11.5 Å². The number of rotatable bonds is 5. The smallest absolute Gasteiger partial charge is 0.323 e. The van der Waals surface area contributed by atoms with Gasteiger partial charge in [0.2, 0.25) is 0 Å². The Balaban J connectivity index is 0.000000273. The SMILES string of the molecule is C[C@](N)(Cc1ccc(O)c(O)c1)C(=O)O.NCCc1ccc(O)c(O)c1. The van der Waals surface area contributed by atoms with E-state index in [1.165, 1.54) is 37.3 Å². The fraction of sp³-hybridized carbons (Fsp3) is 0.278. The molecule has 0 amide bonds. The molecule has 0 radical (unpaired) electrons. The first kappa shape index (κ1) is 21.1. The second kappa shape index (κ2) is 8.93. The first-order valence-electron chi connectivity index (χ1n) is 7.81. The van der Waals surface area contributed by atoms with Crippen LogP contribution in [0.1, 0.15) is 18.1 Å². The fourth-order valence-corrected chi connectivity index (χ4v) is 2.07.